The lowest BCUT2D eigenvalue weighted by Crippen LogP contribution is -2.22. The number of allylic oxidation sites excluding steroid dienone is 1. The van der Waals surface area contributed by atoms with E-state index in [9.17, 15) is 9.59 Å². The second kappa shape index (κ2) is 7.79. The number of hydrogen-bond donors (Lipinski definition) is 3. The quantitative estimate of drug-likeness (QED) is 0.555. The Bertz CT molecular complexity index is 787. The smallest absolute Gasteiger partial charge is 0.267 e. The second-order valence-electron chi connectivity index (χ2n) is 4.77. The first-order valence-electron chi connectivity index (χ1n) is 6.99. The molecule has 120 valence electrons. The summed E-state index contributed by atoms with van der Waals surface area (Å²) in [6, 6.07) is 7.55. The molecule has 3 N–H and O–H groups in total. The Kier molecular flexibility index (Phi) is 5.51. The first kappa shape index (κ1) is 16.3. The molecule has 0 aliphatic rings. The van der Waals surface area contributed by atoms with Crippen molar-refractivity contribution in [2.45, 2.75) is 13.3 Å². The van der Waals surface area contributed by atoms with Crippen LogP contribution in [0.4, 0.5) is 0 Å². The van der Waals surface area contributed by atoms with Gasteiger partial charge in [-0.3, -0.25) is 14.7 Å². The van der Waals surface area contributed by atoms with Gasteiger partial charge in [-0.15, -0.1) is 0 Å². The highest BCUT2D eigenvalue weighted by Gasteiger charge is 2.10. The van der Waals surface area contributed by atoms with E-state index >= 15 is 0 Å². The van der Waals surface area contributed by atoms with E-state index in [1.807, 2.05) is 30.3 Å². The molecule has 0 bridgehead atoms. The Morgan fingerprint density at radius 1 is 1.35 bits per heavy atom. The lowest BCUT2D eigenvalue weighted by atomic mass is 10.2. The molecule has 1 aromatic heterocycles. The van der Waals surface area contributed by atoms with Crippen molar-refractivity contribution in [3.8, 4) is 5.75 Å². The molecule has 1 amide bonds. The Morgan fingerprint density at radius 2 is 2.13 bits per heavy atom. The van der Waals surface area contributed by atoms with E-state index in [-0.39, 0.29) is 17.9 Å². The Hall–Kier alpha value is -3.09. The maximum absolute atomic E-state index is 11.7. The standard InChI is InChI=1S/C16H18N4O3/c1-11-13(16(22)20-18-11)10-15(21)19-17-9-5-7-12-6-3-4-8-14(12)23-2/h3-9H,10H2,1-2H3,(H,19,21)(H2,18,20,22)/b7-5+,17-9+. The number of hydrazone groups is 1. The summed E-state index contributed by atoms with van der Waals surface area (Å²) in [6.45, 7) is 1.72. The number of carbonyl (C=O) groups excluding carboxylic acids is 1. The largest absolute Gasteiger partial charge is 0.496 e. The molecule has 7 heteroatoms. The summed E-state index contributed by atoms with van der Waals surface area (Å²) in [5.74, 6) is 0.392. The number of carbonyl (C=O) groups is 1. The van der Waals surface area contributed by atoms with Gasteiger partial charge in [0.05, 0.1) is 13.5 Å². The summed E-state index contributed by atoms with van der Waals surface area (Å²) in [4.78, 5) is 23.2. The van der Waals surface area contributed by atoms with Gasteiger partial charge in [0.25, 0.3) is 5.56 Å². The van der Waals surface area contributed by atoms with Crippen molar-refractivity contribution in [1.82, 2.24) is 15.6 Å². The van der Waals surface area contributed by atoms with Gasteiger partial charge >= 0.3 is 0 Å². The van der Waals surface area contributed by atoms with Crippen LogP contribution in [0.25, 0.3) is 6.08 Å². The summed E-state index contributed by atoms with van der Waals surface area (Å²) < 4.78 is 5.22. The molecular formula is C16H18N4O3. The van der Waals surface area contributed by atoms with Crippen LogP contribution in [0.5, 0.6) is 5.75 Å². The zero-order valence-corrected chi connectivity index (χ0v) is 12.9. The van der Waals surface area contributed by atoms with E-state index < -0.39 is 0 Å². The number of ether oxygens (including phenoxy) is 1. The molecule has 7 nitrogen and oxygen atoms in total. The van der Waals surface area contributed by atoms with Gasteiger partial charge in [-0.05, 0) is 25.1 Å². The van der Waals surface area contributed by atoms with Gasteiger partial charge in [-0.2, -0.15) is 5.10 Å². The van der Waals surface area contributed by atoms with Gasteiger partial charge in [-0.1, -0.05) is 18.2 Å². The molecule has 23 heavy (non-hydrogen) atoms. The Labute approximate surface area is 133 Å². The van der Waals surface area contributed by atoms with E-state index in [1.54, 1.807) is 20.1 Å². The van der Waals surface area contributed by atoms with Crippen LogP contribution >= 0.6 is 0 Å². The monoisotopic (exact) mass is 314 g/mol. The molecule has 0 radical (unpaired) electrons. The third-order valence-corrected chi connectivity index (χ3v) is 3.19. The van der Waals surface area contributed by atoms with Crippen molar-refractivity contribution in [2.75, 3.05) is 7.11 Å². The minimum atomic E-state index is -0.361. The summed E-state index contributed by atoms with van der Waals surface area (Å²) in [5.41, 5.74) is 4.03. The maximum Gasteiger partial charge on any atom is 0.267 e. The molecule has 0 aliphatic carbocycles. The van der Waals surface area contributed by atoms with Crippen molar-refractivity contribution in [3.05, 3.63) is 57.5 Å². The highest BCUT2D eigenvalue weighted by molar-refractivity contribution is 5.82. The predicted octanol–water partition coefficient (Wildman–Crippen LogP) is 1.38. The van der Waals surface area contributed by atoms with Crippen molar-refractivity contribution >= 4 is 18.2 Å². The molecule has 0 aliphatic heterocycles. The van der Waals surface area contributed by atoms with Gasteiger partial charge in [0.2, 0.25) is 5.91 Å². The second-order valence-corrected chi connectivity index (χ2v) is 4.77. The molecule has 0 saturated heterocycles. The van der Waals surface area contributed by atoms with E-state index in [2.05, 4.69) is 20.7 Å². The number of benzene rings is 1. The molecule has 0 saturated carbocycles. The van der Waals surface area contributed by atoms with Crippen LogP contribution < -0.4 is 15.7 Å². The fourth-order valence-corrected chi connectivity index (χ4v) is 1.99. The molecule has 0 unspecified atom stereocenters. The number of aromatic amines is 2. The van der Waals surface area contributed by atoms with Crippen molar-refractivity contribution in [1.29, 1.82) is 0 Å². The van der Waals surface area contributed by atoms with Crippen LogP contribution in [0.3, 0.4) is 0 Å². The average molecular weight is 314 g/mol. The lowest BCUT2D eigenvalue weighted by molar-refractivity contribution is -0.120. The number of aromatic nitrogens is 2. The average Bonchev–Trinajstić information content (AvgIpc) is 2.87. The van der Waals surface area contributed by atoms with Crippen molar-refractivity contribution in [2.24, 2.45) is 5.10 Å². The first-order valence-corrected chi connectivity index (χ1v) is 6.99. The highest BCUT2D eigenvalue weighted by atomic mass is 16.5. The SMILES string of the molecule is COc1ccccc1/C=C/C=N/NC(=O)Cc1c(C)[nH][nH]c1=O. The molecule has 2 aromatic rings. The summed E-state index contributed by atoms with van der Waals surface area (Å²) in [7, 11) is 1.60. The summed E-state index contributed by atoms with van der Waals surface area (Å²) in [5, 5.41) is 8.90. The number of methoxy groups -OCH3 is 1. The number of aryl methyl sites for hydroxylation is 1. The molecule has 1 aromatic carbocycles. The Balaban J connectivity index is 1.88. The van der Waals surface area contributed by atoms with Crippen LogP contribution in [-0.4, -0.2) is 29.4 Å². The van der Waals surface area contributed by atoms with Gasteiger partial charge < -0.3 is 9.84 Å². The number of para-hydroxylation sites is 1. The minimum Gasteiger partial charge on any atom is -0.496 e. The molecular weight excluding hydrogens is 296 g/mol. The maximum atomic E-state index is 11.7. The number of nitrogens with zero attached hydrogens (tertiary/aromatic N) is 1. The van der Waals surface area contributed by atoms with E-state index in [1.165, 1.54) is 6.21 Å². The third-order valence-electron chi connectivity index (χ3n) is 3.19. The van der Waals surface area contributed by atoms with E-state index in [0.29, 0.717) is 11.3 Å². The summed E-state index contributed by atoms with van der Waals surface area (Å²) in [6.07, 6.45) is 4.93. The normalized spacial score (nSPS) is 11.2. The number of amides is 1. The Morgan fingerprint density at radius 3 is 2.83 bits per heavy atom. The molecule has 0 fully saturated rings. The topological polar surface area (TPSA) is 99.3 Å². The van der Waals surface area contributed by atoms with Crippen LogP contribution in [0, 0.1) is 6.92 Å². The molecule has 2 rings (SSSR count). The molecule has 0 atom stereocenters. The predicted molar refractivity (Wildman–Crippen MR) is 88.5 cm³/mol. The molecule has 1 heterocycles. The van der Waals surface area contributed by atoms with Crippen LogP contribution in [0.2, 0.25) is 0 Å². The van der Waals surface area contributed by atoms with E-state index in [0.717, 1.165) is 11.3 Å². The first-order chi connectivity index (χ1) is 11.1. The number of H-pyrrole nitrogens is 2. The zero-order valence-electron chi connectivity index (χ0n) is 12.9. The number of rotatable bonds is 6. The lowest BCUT2D eigenvalue weighted by Gasteiger charge is -2.02. The van der Waals surface area contributed by atoms with E-state index in [4.69, 9.17) is 4.74 Å². The zero-order chi connectivity index (χ0) is 16.7. The van der Waals surface area contributed by atoms with Crippen LogP contribution in [0.1, 0.15) is 16.8 Å². The summed E-state index contributed by atoms with van der Waals surface area (Å²) >= 11 is 0. The van der Waals surface area contributed by atoms with Crippen LogP contribution in [-0.2, 0) is 11.2 Å². The van der Waals surface area contributed by atoms with Crippen molar-refractivity contribution in [3.63, 3.8) is 0 Å². The highest BCUT2D eigenvalue weighted by Crippen LogP contribution is 2.18. The fourth-order valence-electron chi connectivity index (χ4n) is 1.99. The van der Waals surface area contributed by atoms with Gasteiger partial charge in [0, 0.05) is 23.0 Å². The molecule has 0 spiro atoms. The van der Waals surface area contributed by atoms with Crippen molar-refractivity contribution < 1.29 is 9.53 Å². The third kappa shape index (κ3) is 4.44. The minimum absolute atomic E-state index is 0.0295. The van der Waals surface area contributed by atoms with Crippen LogP contribution in [0.15, 0.2) is 40.2 Å². The number of nitrogens with one attached hydrogen (secondary N) is 3. The van der Waals surface area contributed by atoms with Gasteiger partial charge in [-0.25, -0.2) is 5.43 Å². The van der Waals surface area contributed by atoms with Gasteiger partial charge in [0.15, 0.2) is 0 Å². The van der Waals surface area contributed by atoms with Gasteiger partial charge in [0.1, 0.15) is 5.75 Å². The fraction of sp³-hybridized carbons (Fsp3) is 0.188. The number of hydrogen-bond acceptors (Lipinski definition) is 4.